The third kappa shape index (κ3) is 4.37. The van der Waals surface area contributed by atoms with Gasteiger partial charge in [0.2, 0.25) is 0 Å². The predicted octanol–water partition coefficient (Wildman–Crippen LogP) is 1.43. The van der Waals surface area contributed by atoms with Crippen LogP contribution in [-0.2, 0) is 4.79 Å². The van der Waals surface area contributed by atoms with Crippen LogP contribution in [0.25, 0.3) is 0 Å². The van der Waals surface area contributed by atoms with E-state index >= 15 is 0 Å². The highest BCUT2D eigenvalue weighted by molar-refractivity contribution is 5.83. The summed E-state index contributed by atoms with van der Waals surface area (Å²) in [6.07, 6.45) is 4.23. The minimum atomic E-state index is -0.997. The molecular formula is C14H26N2O4. The molecule has 0 aromatic carbocycles. The van der Waals surface area contributed by atoms with Crippen molar-refractivity contribution in [1.82, 2.24) is 10.2 Å². The molecule has 0 spiro atoms. The second kappa shape index (κ2) is 8.09. The number of aliphatic hydroxyl groups is 1. The van der Waals surface area contributed by atoms with Gasteiger partial charge in [-0.2, -0.15) is 0 Å². The summed E-state index contributed by atoms with van der Waals surface area (Å²) < 4.78 is 0. The Morgan fingerprint density at radius 1 is 1.40 bits per heavy atom. The van der Waals surface area contributed by atoms with Crippen LogP contribution in [0.2, 0.25) is 0 Å². The van der Waals surface area contributed by atoms with Gasteiger partial charge in [-0.05, 0) is 31.6 Å². The Bertz CT molecular complexity index is 331. The van der Waals surface area contributed by atoms with Crippen LogP contribution < -0.4 is 5.32 Å². The van der Waals surface area contributed by atoms with E-state index in [1.807, 2.05) is 13.8 Å². The summed E-state index contributed by atoms with van der Waals surface area (Å²) in [5.74, 6) is -1.11. The molecule has 116 valence electrons. The number of urea groups is 1. The first-order valence-corrected chi connectivity index (χ1v) is 7.42. The lowest BCUT2D eigenvalue weighted by molar-refractivity contribution is -0.140. The van der Waals surface area contributed by atoms with E-state index in [0.29, 0.717) is 19.4 Å². The minimum absolute atomic E-state index is 0.0320. The third-order valence-electron chi connectivity index (χ3n) is 4.09. The van der Waals surface area contributed by atoms with Gasteiger partial charge in [-0.25, -0.2) is 9.59 Å². The maximum atomic E-state index is 12.3. The molecule has 3 N–H and O–H groups in total. The van der Waals surface area contributed by atoms with Crippen LogP contribution in [0.3, 0.4) is 0 Å². The van der Waals surface area contributed by atoms with Gasteiger partial charge in [0.1, 0.15) is 6.04 Å². The van der Waals surface area contributed by atoms with Gasteiger partial charge < -0.3 is 20.4 Å². The Morgan fingerprint density at radius 3 is 2.45 bits per heavy atom. The van der Waals surface area contributed by atoms with Gasteiger partial charge in [0, 0.05) is 19.2 Å². The lowest BCUT2D eigenvalue weighted by Gasteiger charge is -2.38. The number of aliphatic hydroxyl groups excluding tert-OH is 1. The highest BCUT2D eigenvalue weighted by Crippen LogP contribution is 2.25. The Kier molecular flexibility index (Phi) is 6.78. The number of amides is 2. The maximum Gasteiger partial charge on any atom is 0.326 e. The van der Waals surface area contributed by atoms with E-state index in [1.54, 1.807) is 4.90 Å². The van der Waals surface area contributed by atoms with E-state index in [0.717, 1.165) is 19.3 Å². The molecule has 0 radical (unpaired) electrons. The minimum Gasteiger partial charge on any atom is -0.480 e. The van der Waals surface area contributed by atoms with Gasteiger partial charge in [-0.3, -0.25) is 0 Å². The standard InChI is InChI=1S/C14H26N2O4/c1-3-10(2)12(13(18)19)15-14(20)16(8-5-9-17)11-6-4-7-11/h10-12,17H,3-9H2,1-2H3,(H,15,20)(H,18,19)/t10?,12-/m0/s1. The second-order valence-electron chi connectivity index (χ2n) is 5.51. The lowest BCUT2D eigenvalue weighted by Crippen LogP contribution is -2.55. The topological polar surface area (TPSA) is 89.9 Å². The summed E-state index contributed by atoms with van der Waals surface area (Å²) in [6, 6.07) is -0.993. The lowest BCUT2D eigenvalue weighted by atomic mass is 9.91. The van der Waals surface area contributed by atoms with Gasteiger partial charge in [0.05, 0.1) is 0 Å². The number of nitrogens with one attached hydrogen (secondary N) is 1. The van der Waals surface area contributed by atoms with Crippen LogP contribution in [0.4, 0.5) is 4.79 Å². The molecule has 0 aliphatic heterocycles. The molecule has 0 aromatic rings. The zero-order valence-corrected chi connectivity index (χ0v) is 12.3. The summed E-state index contributed by atoms with van der Waals surface area (Å²) in [7, 11) is 0. The van der Waals surface area contributed by atoms with E-state index in [-0.39, 0.29) is 24.6 Å². The first-order chi connectivity index (χ1) is 9.51. The molecule has 0 aromatic heterocycles. The fraction of sp³-hybridized carbons (Fsp3) is 0.857. The van der Waals surface area contributed by atoms with Crippen LogP contribution in [0, 0.1) is 5.92 Å². The summed E-state index contributed by atoms with van der Waals surface area (Å²) in [6.45, 7) is 4.23. The molecule has 2 atom stereocenters. The number of hydrogen-bond acceptors (Lipinski definition) is 3. The normalized spacial score (nSPS) is 17.9. The first kappa shape index (κ1) is 16.8. The van der Waals surface area contributed by atoms with Crippen molar-refractivity contribution in [2.24, 2.45) is 5.92 Å². The van der Waals surface area contributed by atoms with E-state index < -0.39 is 12.0 Å². The van der Waals surface area contributed by atoms with E-state index in [9.17, 15) is 14.7 Å². The van der Waals surface area contributed by atoms with Crippen molar-refractivity contribution < 1.29 is 19.8 Å². The molecule has 0 saturated heterocycles. The molecule has 1 saturated carbocycles. The number of hydrogen-bond donors (Lipinski definition) is 3. The van der Waals surface area contributed by atoms with Crippen molar-refractivity contribution in [2.75, 3.05) is 13.2 Å². The number of aliphatic carboxylic acids is 1. The molecule has 1 unspecified atom stereocenters. The van der Waals surface area contributed by atoms with E-state index in [1.165, 1.54) is 0 Å². The molecule has 6 nitrogen and oxygen atoms in total. The quantitative estimate of drug-likeness (QED) is 0.629. The van der Waals surface area contributed by atoms with Gasteiger partial charge >= 0.3 is 12.0 Å². The highest BCUT2D eigenvalue weighted by atomic mass is 16.4. The summed E-state index contributed by atoms with van der Waals surface area (Å²) in [5.41, 5.74) is 0. The average Bonchev–Trinajstić information content (AvgIpc) is 2.36. The number of carboxylic acids is 1. The van der Waals surface area contributed by atoms with Crippen LogP contribution in [0.15, 0.2) is 0 Å². The number of carbonyl (C=O) groups excluding carboxylic acids is 1. The van der Waals surface area contributed by atoms with E-state index in [4.69, 9.17) is 5.11 Å². The van der Waals surface area contributed by atoms with Crippen LogP contribution in [0.1, 0.15) is 46.0 Å². The first-order valence-electron chi connectivity index (χ1n) is 7.42. The van der Waals surface area contributed by atoms with E-state index in [2.05, 4.69) is 5.32 Å². The average molecular weight is 286 g/mol. The Labute approximate surface area is 120 Å². The second-order valence-corrected chi connectivity index (χ2v) is 5.51. The SMILES string of the molecule is CCC(C)[C@H](NC(=O)N(CCCO)C1CCC1)C(=O)O. The van der Waals surface area contributed by atoms with Crippen LogP contribution in [0.5, 0.6) is 0 Å². The molecule has 1 fully saturated rings. The van der Waals surface area contributed by atoms with Crippen LogP contribution >= 0.6 is 0 Å². The fourth-order valence-electron chi connectivity index (χ4n) is 2.29. The number of nitrogens with zero attached hydrogens (tertiary/aromatic N) is 1. The third-order valence-corrected chi connectivity index (χ3v) is 4.09. The van der Waals surface area contributed by atoms with Gasteiger partial charge in [0.25, 0.3) is 0 Å². The Balaban J connectivity index is 2.64. The summed E-state index contributed by atoms with van der Waals surface area (Å²) in [4.78, 5) is 25.2. The van der Waals surface area contributed by atoms with Crippen molar-refractivity contribution in [1.29, 1.82) is 0 Å². The largest absolute Gasteiger partial charge is 0.480 e. The van der Waals surface area contributed by atoms with Crippen molar-refractivity contribution in [3.05, 3.63) is 0 Å². The highest BCUT2D eigenvalue weighted by Gasteiger charge is 2.32. The maximum absolute atomic E-state index is 12.3. The van der Waals surface area contributed by atoms with Gasteiger partial charge in [-0.1, -0.05) is 20.3 Å². The molecule has 0 heterocycles. The number of carbonyl (C=O) groups is 2. The molecule has 1 aliphatic rings. The molecular weight excluding hydrogens is 260 g/mol. The Morgan fingerprint density at radius 2 is 2.05 bits per heavy atom. The Hall–Kier alpha value is -1.30. The monoisotopic (exact) mass is 286 g/mol. The zero-order chi connectivity index (χ0) is 15.1. The summed E-state index contributed by atoms with van der Waals surface area (Å²) in [5, 5.41) is 20.8. The van der Waals surface area contributed by atoms with Crippen molar-refractivity contribution in [3.63, 3.8) is 0 Å². The number of rotatable bonds is 8. The molecule has 1 aliphatic carbocycles. The molecule has 6 heteroatoms. The van der Waals surface area contributed by atoms with Crippen LogP contribution in [-0.4, -0.2) is 52.3 Å². The predicted molar refractivity (Wildman–Crippen MR) is 75.5 cm³/mol. The smallest absolute Gasteiger partial charge is 0.326 e. The van der Waals surface area contributed by atoms with Gasteiger partial charge in [-0.15, -0.1) is 0 Å². The van der Waals surface area contributed by atoms with Crippen molar-refractivity contribution in [2.45, 2.75) is 58.0 Å². The van der Waals surface area contributed by atoms with Crippen molar-refractivity contribution in [3.8, 4) is 0 Å². The molecule has 0 bridgehead atoms. The van der Waals surface area contributed by atoms with Gasteiger partial charge in [0.15, 0.2) is 0 Å². The summed E-state index contributed by atoms with van der Waals surface area (Å²) >= 11 is 0. The molecule has 20 heavy (non-hydrogen) atoms. The molecule has 1 rings (SSSR count). The number of carboxylic acid groups (broad SMARTS) is 1. The van der Waals surface area contributed by atoms with Crippen molar-refractivity contribution >= 4 is 12.0 Å². The molecule has 2 amide bonds. The zero-order valence-electron chi connectivity index (χ0n) is 12.3. The fourth-order valence-corrected chi connectivity index (χ4v) is 2.29.